The van der Waals surface area contributed by atoms with E-state index in [1.807, 2.05) is 25.2 Å². The Morgan fingerprint density at radius 2 is 2.25 bits per heavy atom. The minimum absolute atomic E-state index is 0.222. The molecule has 0 aromatic heterocycles. The fourth-order valence-electron chi connectivity index (χ4n) is 2.41. The van der Waals surface area contributed by atoms with Crippen molar-refractivity contribution in [1.82, 2.24) is 5.32 Å². The van der Waals surface area contributed by atoms with E-state index >= 15 is 0 Å². The van der Waals surface area contributed by atoms with Crippen LogP contribution in [0.3, 0.4) is 0 Å². The summed E-state index contributed by atoms with van der Waals surface area (Å²) in [5, 5.41) is 4.13. The highest BCUT2D eigenvalue weighted by atomic mass is 35.5. The molecule has 2 rings (SSSR count). The van der Waals surface area contributed by atoms with Crippen molar-refractivity contribution in [3.8, 4) is 0 Å². The highest BCUT2D eigenvalue weighted by Crippen LogP contribution is 2.33. The maximum absolute atomic E-state index is 6.20. The fourth-order valence-corrected chi connectivity index (χ4v) is 2.61. The molecule has 1 aliphatic rings. The standard InChI is InChI=1S/C13H18ClNO/c1-15-9-13(6-7-16-10-13)8-11-4-2-3-5-12(11)14/h2-5,15H,6-10H2,1H3. The minimum Gasteiger partial charge on any atom is -0.381 e. The van der Waals surface area contributed by atoms with Crippen LogP contribution in [0.4, 0.5) is 0 Å². The summed E-state index contributed by atoms with van der Waals surface area (Å²) in [5.74, 6) is 0. The molecular weight excluding hydrogens is 222 g/mol. The molecule has 1 aromatic rings. The lowest BCUT2D eigenvalue weighted by atomic mass is 9.81. The zero-order valence-corrected chi connectivity index (χ0v) is 10.4. The highest BCUT2D eigenvalue weighted by molar-refractivity contribution is 6.31. The smallest absolute Gasteiger partial charge is 0.0538 e. The molecule has 1 N–H and O–H groups in total. The van der Waals surface area contributed by atoms with Crippen LogP contribution < -0.4 is 5.32 Å². The summed E-state index contributed by atoms with van der Waals surface area (Å²) >= 11 is 6.20. The highest BCUT2D eigenvalue weighted by Gasteiger charge is 2.34. The largest absolute Gasteiger partial charge is 0.381 e. The Bertz CT molecular complexity index is 348. The van der Waals surface area contributed by atoms with E-state index in [0.717, 1.165) is 37.6 Å². The molecule has 88 valence electrons. The van der Waals surface area contributed by atoms with Crippen LogP contribution in [-0.4, -0.2) is 26.8 Å². The van der Waals surface area contributed by atoms with Gasteiger partial charge in [-0.1, -0.05) is 29.8 Å². The molecule has 1 atom stereocenters. The van der Waals surface area contributed by atoms with E-state index in [0.29, 0.717) is 0 Å². The predicted molar refractivity (Wildman–Crippen MR) is 67.0 cm³/mol. The lowest BCUT2D eigenvalue weighted by Gasteiger charge is -2.27. The van der Waals surface area contributed by atoms with Gasteiger partial charge in [-0.05, 0) is 31.5 Å². The number of benzene rings is 1. The van der Waals surface area contributed by atoms with Crippen LogP contribution in [0.2, 0.25) is 5.02 Å². The monoisotopic (exact) mass is 239 g/mol. The second kappa shape index (κ2) is 5.17. The van der Waals surface area contributed by atoms with Gasteiger partial charge in [0.2, 0.25) is 0 Å². The van der Waals surface area contributed by atoms with Crippen molar-refractivity contribution in [2.24, 2.45) is 5.41 Å². The van der Waals surface area contributed by atoms with Crippen LogP contribution in [-0.2, 0) is 11.2 Å². The van der Waals surface area contributed by atoms with E-state index < -0.39 is 0 Å². The summed E-state index contributed by atoms with van der Waals surface area (Å²) in [7, 11) is 1.99. The van der Waals surface area contributed by atoms with Crippen molar-refractivity contribution in [1.29, 1.82) is 0 Å². The molecule has 2 nitrogen and oxygen atoms in total. The second-order valence-corrected chi connectivity index (χ2v) is 5.01. The topological polar surface area (TPSA) is 21.3 Å². The summed E-state index contributed by atoms with van der Waals surface area (Å²) < 4.78 is 5.54. The van der Waals surface area contributed by atoms with E-state index in [4.69, 9.17) is 16.3 Å². The van der Waals surface area contributed by atoms with Gasteiger partial charge in [0, 0.05) is 23.6 Å². The van der Waals surface area contributed by atoms with Crippen molar-refractivity contribution in [3.63, 3.8) is 0 Å². The molecular formula is C13H18ClNO. The molecule has 1 unspecified atom stereocenters. The van der Waals surface area contributed by atoms with Crippen molar-refractivity contribution < 1.29 is 4.74 Å². The van der Waals surface area contributed by atoms with E-state index in [-0.39, 0.29) is 5.41 Å². The zero-order valence-electron chi connectivity index (χ0n) is 9.63. The molecule has 1 fully saturated rings. The number of hydrogen-bond donors (Lipinski definition) is 1. The quantitative estimate of drug-likeness (QED) is 0.872. The number of rotatable bonds is 4. The van der Waals surface area contributed by atoms with E-state index in [1.54, 1.807) is 0 Å². The molecule has 0 aliphatic carbocycles. The Labute approximate surface area is 102 Å². The van der Waals surface area contributed by atoms with Crippen LogP contribution in [0, 0.1) is 5.41 Å². The van der Waals surface area contributed by atoms with Crippen LogP contribution in [0.15, 0.2) is 24.3 Å². The first kappa shape index (κ1) is 11.9. The molecule has 3 heteroatoms. The first-order chi connectivity index (χ1) is 7.76. The maximum atomic E-state index is 6.20. The number of nitrogens with one attached hydrogen (secondary N) is 1. The maximum Gasteiger partial charge on any atom is 0.0538 e. The molecule has 1 heterocycles. The third-order valence-electron chi connectivity index (χ3n) is 3.26. The Hall–Kier alpha value is -0.570. The summed E-state index contributed by atoms with van der Waals surface area (Å²) in [5.41, 5.74) is 1.45. The normalized spacial score (nSPS) is 24.9. The van der Waals surface area contributed by atoms with E-state index in [1.165, 1.54) is 5.56 Å². The molecule has 1 aliphatic heterocycles. The molecule has 0 spiro atoms. The van der Waals surface area contributed by atoms with E-state index in [9.17, 15) is 0 Å². The van der Waals surface area contributed by atoms with Gasteiger partial charge in [-0.15, -0.1) is 0 Å². The van der Waals surface area contributed by atoms with Gasteiger partial charge in [-0.2, -0.15) is 0 Å². The Morgan fingerprint density at radius 1 is 1.44 bits per heavy atom. The van der Waals surface area contributed by atoms with Crippen LogP contribution in [0.1, 0.15) is 12.0 Å². The summed E-state index contributed by atoms with van der Waals surface area (Å²) in [6, 6.07) is 8.09. The van der Waals surface area contributed by atoms with Gasteiger partial charge >= 0.3 is 0 Å². The SMILES string of the molecule is CNCC1(Cc2ccccc2Cl)CCOC1. The Kier molecular flexibility index (Phi) is 3.85. The summed E-state index contributed by atoms with van der Waals surface area (Å²) in [4.78, 5) is 0. The molecule has 16 heavy (non-hydrogen) atoms. The van der Waals surface area contributed by atoms with Crippen molar-refractivity contribution in [3.05, 3.63) is 34.9 Å². The van der Waals surface area contributed by atoms with Crippen molar-refractivity contribution in [2.75, 3.05) is 26.8 Å². The van der Waals surface area contributed by atoms with Crippen molar-refractivity contribution in [2.45, 2.75) is 12.8 Å². The van der Waals surface area contributed by atoms with Gasteiger partial charge in [0.1, 0.15) is 0 Å². The van der Waals surface area contributed by atoms with Crippen LogP contribution in [0.25, 0.3) is 0 Å². The second-order valence-electron chi connectivity index (χ2n) is 4.60. The van der Waals surface area contributed by atoms with Crippen LogP contribution in [0.5, 0.6) is 0 Å². The van der Waals surface area contributed by atoms with E-state index in [2.05, 4.69) is 11.4 Å². The van der Waals surface area contributed by atoms with Crippen LogP contribution >= 0.6 is 11.6 Å². The molecule has 1 aromatic carbocycles. The van der Waals surface area contributed by atoms with Crippen molar-refractivity contribution >= 4 is 11.6 Å². The minimum atomic E-state index is 0.222. The Balaban J connectivity index is 2.14. The first-order valence-corrected chi connectivity index (χ1v) is 6.09. The fraction of sp³-hybridized carbons (Fsp3) is 0.538. The third-order valence-corrected chi connectivity index (χ3v) is 3.63. The lowest BCUT2D eigenvalue weighted by Crippen LogP contribution is -2.35. The number of halogens is 1. The molecule has 0 bridgehead atoms. The van der Waals surface area contributed by atoms with Gasteiger partial charge in [0.15, 0.2) is 0 Å². The molecule has 0 radical (unpaired) electrons. The number of ether oxygens (including phenoxy) is 1. The zero-order chi connectivity index (χ0) is 11.4. The van der Waals surface area contributed by atoms with Gasteiger partial charge in [-0.3, -0.25) is 0 Å². The molecule has 0 saturated carbocycles. The number of hydrogen-bond acceptors (Lipinski definition) is 2. The van der Waals surface area contributed by atoms with Gasteiger partial charge in [0.05, 0.1) is 6.61 Å². The lowest BCUT2D eigenvalue weighted by molar-refractivity contribution is 0.150. The third kappa shape index (κ3) is 2.57. The average Bonchev–Trinajstić information content (AvgIpc) is 2.71. The average molecular weight is 240 g/mol. The Morgan fingerprint density at radius 3 is 2.88 bits per heavy atom. The van der Waals surface area contributed by atoms with Gasteiger partial charge < -0.3 is 10.1 Å². The molecule has 0 amide bonds. The predicted octanol–water partition coefficient (Wildman–Crippen LogP) is 2.51. The summed E-state index contributed by atoms with van der Waals surface area (Å²) in [6.45, 7) is 2.68. The summed E-state index contributed by atoms with van der Waals surface area (Å²) in [6.07, 6.45) is 2.10. The molecule has 1 saturated heterocycles. The van der Waals surface area contributed by atoms with Gasteiger partial charge in [0.25, 0.3) is 0 Å². The first-order valence-electron chi connectivity index (χ1n) is 5.72. The van der Waals surface area contributed by atoms with Gasteiger partial charge in [-0.25, -0.2) is 0 Å².